The van der Waals surface area contributed by atoms with E-state index in [1.54, 1.807) is 0 Å². The van der Waals surface area contributed by atoms with Gasteiger partial charge in [-0.1, -0.05) is 60.1 Å². The fourth-order valence-corrected chi connectivity index (χ4v) is 16.1. The molecule has 21 heteroatoms. The molecule has 25 atom stereocenters. The van der Waals surface area contributed by atoms with Gasteiger partial charge in [0.15, 0.2) is 25.2 Å². The van der Waals surface area contributed by atoms with Crippen molar-refractivity contribution in [2.45, 2.75) is 223 Å². The van der Waals surface area contributed by atoms with Crippen molar-refractivity contribution in [1.29, 1.82) is 0 Å². The predicted octanol–water partition coefficient (Wildman–Crippen LogP) is -0.190. The van der Waals surface area contributed by atoms with Gasteiger partial charge in [-0.05, 0) is 109 Å². The first-order valence-electron chi connectivity index (χ1n) is 26.6. The number of aliphatic hydroxyl groups is 11. The smallest absolute Gasteiger partial charge is 0.310 e. The van der Waals surface area contributed by atoms with Gasteiger partial charge >= 0.3 is 5.97 Å². The summed E-state index contributed by atoms with van der Waals surface area (Å²) in [5.41, 5.74) is -2.53. The molecule has 8 fully saturated rings. The van der Waals surface area contributed by atoms with Crippen molar-refractivity contribution in [1.82, 2.24) is 0 Å². The Hall–Kier alpha value is -1.55. The summed E-state index contributed by atoms with van der Waals surface area (Å²) in [4.78, 5) is 13.2. The van der Waals surface area contributed by atoms with Crippen LogP contribution in [0.2, 0.25) is 0 Å². The average molecular weight is 1050 g/mol. The molecule has 418 valence electrons. The Balaban J connectivity index is 0.997. The number of hydrogen-bond acceptors (Lipinski definition) is 20. The van der Waals surface area contributed by atoms with E-state index in [0.29, 0.717) is 19.3 Å². The Bertz CT molecular complexity index is 2020. The van der Waals surface area contributed by atoms with Crippen molar-refractivity contribution in [2.75, 3.05) is 33.0 Å². The second kappa shape index (κ2) is 20.0. The molecular weight excluding hydrogens is 961 g/mol. The minimum atomic E-state index is -2.09. The SMILES string of the molecule is CC1(C)CCC2(C(=O)O)CCC3(C)C(=CCC4C5(C)CCC(OC6OC(CO)C(O)C(OC7OCC(O)C(OC8OCC(O)(CO)C8O)C7O)C6OC6OC(CO)C(O)C(O)C6O)C(C)(C)C5CCC43C)C2C1. The molecule has 0 spiro atoms. The second-order valence-corrected chi connectivity index (χ2v) is 25.5. The van der Waals surface area contributed by atoms with Crippen LogP contribution in [0.4, 0.5) is 0 Å². The molecule has 0 aromatic rings. The Morgan fingerprint density at radius 2 is 1.30 bits per heavy atom. The van der Waals surface area contributed by atoms with E-state index >= 15 is 0 Å². The van der Waals surface area contributed by atoms with E-state index in [1.165, 1.54) is 5.57 Å². The zero-order valence-electron chi connectivity index (χ0n) is 43.3. The number of fused-ring (bicyclic) bond motifs is 7. The minimum Gasteiger partial charge on any atom is -0.481 e. The number of hydrogen-bond donors (Lipinski definition) is 12. The third-order valence-electron chi connectivity index (χ3n) is 20.8. The largest absolute Gasteiger partial charge is 0.481 e. The maximum absolute atomic E-state index is 13.2. The summed E-state index contributed by atoms with van der Waals surface area (Å²) >= 11 is 0. The van der Waals surface area contributed by atoms with E-state index in [-0.39, 0.29) is 39.4 Å². The first-order valence-corrected chi connectivity index (χ1v) is 26.6. The lowest BCUT2D eigenvalue weighted by atomic mass is 9.33. The zero-order valence-corrected chi connectivity index (χ0v) is 43.3. The highest BCUT2D eigenvalue weighted by atomic mass is 16.8. The maximum atomic E-state index is 13.2. The number of carboxylic acids is 1. The predicted molar refractivity (Wildman–Crippen MR) is 251 cm³/mol. The van der Waals surface area contributed by atoms with Crippen LogP contribution < -0.4 is 0 Å². The number of carbonyl (C=O) groups is 1. The summed E-state index contributed by atoms with van der Waals surface area (Å²) in [6.45, 7) is 12.7. The first-order chi connectivity index (χ1) is 34.2. The van der Waals surface area contributed by atoms with Crippen LogP contribution in [0.15, 0.2) is 11.6 Å². The van der Waals surface area contributed by atoms with E-state index in [0.717, 1.165) is 44.9 Å². The maximum Gasteiger partial charge on any atom is 0.310 e. The van der Waals surface area contributed by atoms with Crippen LogP contribution in [-0.2, 0) is 42.7 Å². The molecule has 4 aliphatic heterocycles. The summed E-state index contributed by atoms with van der Waals surface area (Å²) in [7, 11) is 0. The minimum absolute atomic E-state index is 0.0239. The van der Waals surface area contributed by atoms with E-state index in [9.17, 15) is 66.1 Å². The Morgan fingerprint density at radius 1 is 0.658 bits per heavy atom. The van der Waals surface area contributed by atoms with E-state index in [2.05, 4.69) is 54.5 Å². The number of carboxylic acid groups (broad SMARTS) is 1. The van der Waals surface area contributed by atoms with Gasteiger partial charge in [0.25, 0.3) is 0 Å². The molecule has 0 aromatic carbocycles. The van der Waals surface area contributed by atoms with Gasteiger partial charge in [0.05, 0.1) is 44.6 Å². The van der Waals surface area contributed by atoms with Crippen molar-refractivity contribution in [2.24, 2.45) is 50.2 Å². The molecule has 4 saturated carbocycles. The van der Waals surface area contributed by atoms with Gasteiger partial charge in [0, 0.05) is 0 Å². The highest BCUT2D eigenvalue weighted by Gasteiger charge is 2.70. The number of ether oxygens (including phenoxy) is 8. The van der Waals surface area contributed by atoms with Crippen LogP contribution in [0.1, 0.15) is 113 Å². The summed E-state index contributed by atoms with van der Waals surface area (Å²) in [5.74, 6) is -0.326. The molecule has 73 heavy (non-hydrogen) atoms. The third kappa shape index (κ3) is 9.01. The lowest BCUT2D eigenvalue weighted by molar-refractivity contribution is -0.398. The number of aliphatic hydroxyl groups excluding tert-OH is 10. The second-order valence-electron chi connectivity index (χ2n) is 25.5. The Morgan fingerprint density at radius 3 is 1.96 bits per heavy atom. The van der Waals surface area contributed by atoms with Gasteiger partial charge in [-0.3, -0.25) is 4.79 Å². The fourth-order valence-electron chi connectivity index (χ4n) is 16.1. The molecule has 9 aliphatic rings. The molecule has 21 nitrogen and oxygen atoms in total. The normalized spacial score (nSPS) is 53.5. The van der Waals surface area contributed by atoms with E-state index < -0.39 is 160 Å². The molecular formula is C52H84O21. The van der Waals surface area contributed by atoms with Crippen LogP contribution in [0.5, 0.6) is 0 Å². The molecule has 4 heterocycles. The standard InChI is InChI=1S/C52H84O21/c1-46(2)14-16-51(45(63)64)17-15-49(6)24(25(51)18-46)8-9-30-48(5)12-11-31(47(3,4)29(48)10-13-50(30,49)7)70-43-39(73-42-35(60)34(59)32(57)27(19-53)68-42)38(33(58)28(20-54)69-43)72-41-36(61)37(26(56)21-66-41)71-44-40(62)52(65,22-55)23-67-44/h8,25-44,53-62,65H,9-23H2,1-7H3,(H,63,64). The number of rotatable bonds is 12. The van der Waals surface area contributed by atoms with Gasteiger partial charge in [-0.25, -0.2) is 0 Å². The molecule has 12 N–H and O–H groups in total. The average Bonchev–Trinajstić information content (AvgIpc) is 3.62. The van der Waals surface area contributed by atoms with E-state index in [1.807, 2.05) is 0 Å². The Kier molecular flexibility index (Phi) is 15.4. The van der Waals surface area contributed by atoms with Crippen molar-refractivity contribution in [3.63, 3.8) is 0 Å². The molecule has 0 bridgehead atoms. The van der Waals surface area contributed by atoms with Gasteiger partial charge in [0.1, 0.15) is 78.8 Å². The fraction of sp³-hybridized carbons (Fsp3) is 0.942. The topological polar surface area (TPSA) is 334 Å². The molecule has 5 aliphatic carbocycles. The molecule has 4 saturated heterocycles. The first kappa shape index (κ1) is 56.2. The molecule has 0 aromatic heterocycles. The van der Waals surface area contributed by atoms with Crippen LogP contribution in [-0.4, -0.2) is 210 Å². The summed E-state index contributed by atoms with van der Waals surface area (Å²) in [5, 5.41) is 130. The summed E-state index contributed by atoms with van der Waals surface area (Å²) in [6, 6.07) is 0. The van der Waals surface area contributed by atoms with Crippen LogP contribution >= 0.6 is 0 Å². The number of allylic oxidation sites excluding steroid dienone is 2. The van der Waals surface area contributed by atoms with Crippen molar-refractivity contribution < 1.29 is 104 Å². The lowest BCUT2D eigenvalue weighted by Crippen LogP contribution is -2.68. The number of aliphatic carboxylic acids is 1. The molecule has 25 unspecified atom stereocenters. The quantitative estimate of drug-likeness (QED) is 0.0890. The van der Waals surface area contributed by atoms with Gasteiger partial charge < -0.3 is 99.2 Å². The molecule has 0 amide bonds. The van der Waals surface area contributed by atoms with Gasteiger partial charge in [-0.15, -0.1) is 0 Å². The molecule has 9 rings (SSSR count). The lowest BCUT2D eigenvalue weighted by Gasteiger charge is -2.71. The van der Waals surface area contributed by atoms with Crippen LogP contribution in [0.3, 0.4) is 0 Å². The Labute approximate surface area is 426 Å². The van der Waals surface area contributed by atoms with Gasteiger partial charge in [0.2, 0.25) is 0 Å². The third-order valence-corrected chi connectivity index (χ3v) is 20.8. The highest BCUT2D eigenvalue weighted by Crippen LogP contribution is 2.76. The van der Waals surface area contributed by atoms with Crippen molar-refractivity contribution >= 4 is 5.97 Å². The highest BCUT2D eigenvalue weighted by molar-refractivity contribution is 5.76. The molecule has 0 radical (unpaired) electrons. The summed E-state index contributed by atoms with van der Waals surface area (Å²) in [6.07, 6.45) is -17.2. The monoisotopic (exact) mass is 1040 g/mol. The van der Waals surface area contributed by atoms with Crippen LogP contribution in [0.25, 0.3) is 0 Å². The summed E-state index contributed by atoms with van der Waals surface area (Å²) < 4.78 is 48.7. The van der Waals surface area contributed by atoms with Crippen molar-refractivity contribution in [3.05, 3.63) is 11.6 Å². The van der Waals surface area contributed by atoms with Crippen molar-refractivity contribution in [3.8, 4) is 0 Å². The van der Waals surface area contributed by atoms with E-state index in [4.69, 9.17) is 37.9 Å². The van der Waals surface area contributed by atoms with Crippen LogP contribution in [0, 0.1) is 50.2 Å². The zero-order chi connectivity index (χ0) is 53.2. The van der Waals surface area contributed by atoms with Gasteiger partial charge in [-0.2, -0.15) is 0 Å².